The highest BCUT2D eigenvalue weighted by Crippen LogP contribution is 2.17. The topological polar surface area (TPSA) is 61.4 Å². The maximum Gasteiger partial charge on any atom is 0.315 e. The predicted octanol–water partition coefficient (Wildman–Crippen LogP) is 1.56. The van der Waals surface area contributed by atoms with Crippen LogP contribution in [0.25, 0.3) is 0 Å². The van der Waals surface area contributed by atoms with Crippen LogP contribution in [0.15, 0.2) is 12.2 Å². The van der Waals surface area contributed by atoms with E-state index in [-0.39, 0.29) is 18.2 Å². The molecule has 0 aromatic rings. The van der Waals surface area contributed by atoms with E-state index in [1.165, 1.54) is 0 Å². The number of hydrogen-bond acceptors (Lipinski definition) is 2. The van der Waals surface area contributed by atoms with Gasteiger partial charge in [0.25, 0.3) is 0 Å². The zero-order chi connectivity index (χ0) is 11.8. The van der Waals surface area contributed by atoms with E-state index in [0.717, 1.165) is 32.1 Å². The number of carbonyl (C=O) groups excluding carboxylic acids is 1. The Bertz CT molecular complexity index is 233. The van der Waals surface area contributed by atoms with Gasteiger partial charge in [-0.25, -0.2) is 4.79 Å². The van der Waals surface area contributed by atoms with Crippen LogP contribution >= 0.6 is 0 Å². The number of nitrogens with one attached hydrogen (secondary N) is 2. The molecule has 0 aromatic carbocycles. The molecule has 0 atom stereocenters. The Labute approximate surface area is 97.1 Å². The van der Waals surface area contributed by atoms with E-state index in [2.05, 4.69) is 10.6 Å². The van der Waals surface area contributed by atoms with Gasteiger partial charge in [0.05, 0.1) is 6.10 Å². The minimum Gasteiger partial charge on any atom is -0.393 e. The van der Waals surface area contributed by atoms with Crippen LogP contribution in [0.1, 0.15) is 39.0 Å². The summed E-state index contributed by atoms with van der Waals surface area (Å²) < 4.78 is 0. The van der Waals surface area contributed by atoms with Crippen molar-refractivity contribution < 1.29 is 9.90 Å². The van der Waals surface area contributed by atoms with Gasteiger partial charge in [-0.3, -0.25) is 0 Å². The van der Waals surface area contributed by atoms with Gasteiger partial charge in [0.2, 0.25) is 0 Å². The monoisotopic (exact) mass is 226 g/mol. The molecule has 1 rings (SSSR count). The molecule has 1 saturated carbocycles. The summed E-state index contributed by atoms with van der Waals surface area (Å²) in [4.78, 5) is 11.4. The fraction of sp³-hybridized carbons (Fsp3) is 0.750. The fourth-order valence-electron chi connectivity index (χ4n) is 1.89. The number of aliphatic hydroxyl groups excluding tert-OH is 1. The Kier molecular flexibility index (Phi) is 5.93. The van der Waals surface area contributed by atoms with Crippen molar-refractivity contribution >= 4 is 6.03 Å². The van der Waals surface area contributed by atoms with E-state index in [1.54, 1.807) is 0 Å². The summed E-state index contributed by atoms with van der Waals surface area (Å²) in [5, 5.41) is 15.1. The Hall–Kier alpha value is -1.03. The lowest BCUT2D eigenvalue weighted by Gasteiger charge is -2.26. The molecular formula is C12H22N2O2. The molecule has 92 valence electrons. The maximum absolute atomic E-state index is 11.4. The first-order valence-electron chi connectivity index (χ1n) is 6.06. The van der Waals surface area contributed by atoms with Gasteiger partial charge in [-0.05, 0) is 39.0 Å². The summed E-state index contributed by atoms with van der Waals surface area (Å²) in [6.07, 6.45) is 8.04. The molecule has 2 amide bonds. The average molecular weight is 226 g/mol. The second kappa shape index (κ2) is 7.28. The average Bonchev–Trinajstić information content (AvgIpc) is 2.28. The molecule has 0 unspecified atom stereocenters. The van der Waals surface area contributed by atoms with E-state index < -0.39 is 0 Å². The second-order valence-electron chi connectivity index (χ2n) is 4.26. The van der Waals surface area contributed by atoms with Gasteiger partial charge in [-0.15, -0.1) is 0 Å². The predicted molar refractivity (Wildman–Crippen MR) is 64.2 cm³/mol. The van der Waals surface area contributed by atoms with Crippen molar-refractivity contribution in [1.82, 2.24) is 10.6 Å². The highest BCUT2D eigenvalue weighted by molar-refractivity contribution is 5.74. The highest BCUT2D eigenvalue weighted by Gasteiger charge is 2.20. The smallest absolute Gasteiger partial charge is 0.315 e. The molecule has 4 heteroatoms. The van der Waals surface area contributed by atoms with Crippen LogP contribution in [0.4, 0.5) is 4.79 Å². The van der Waals surface area contributed by atoms with Crippen LogP contribution in [-0.2, 0) is 0 Å². The van der Waals surface area contributed by atoms with Gasteiger partial charge in [0.15, 0.2) is 0 Å². The molecule has 0 bridgehead atoms. The third kappa shape index (κ3) is 5.16. The summed E-state index contributed by atoms with van der Waals surface area (Å²) >= 11 is 0. The van der Waals surface area contributed by atoms with Crippen LogP contribution in [0, 0.1) is 0 Å². The molecule has 0 saturated heterocycles. The number of urea groups is 1. The van der Waals surface area contributed by atoms with Crippen molar-refractivity contribution in [2.24, 2.45) is 0 Å². The molecule has 0 radical (unpaired) electrons. The summed E-state index contributed by atoms with van der Waals surface area (Å²) in [5.41, 5.74) is 0. The number of rotatable bonds is 4. The summed E-state index contributed by atoms with van der Waals surface area (Å²) in [6, 6.07) is 0.135. The molecule has 0 aromatic heterocycles. The lowest BCUT2D eigenvalue weighted by Crippen LogP contribution is -2.44. The fourth-order valence-corrected chi connectivity index (χ4v) is 1.89. The van der Waals surface area contributed by atoms with Crippen LogP contribution in [0.2, 0.25) is 0 Å². The second-order valence-corrected chi connectivity index (χ2v) is 4.26. The zero-order valence-corrected chi connectivity index (χ0v) is 9.91. The Balaban J connectivity index is 2.09. The van der Waals surface area contributed by atoms with Gasteiger partial charge in [0, 0.05) is 12.6 Å². The first-order valence-corrected chi connectivity index (χ1v) is 6.06. The summed E-state index contributed by atoms with van der Waals surface area (Å²) in [7, 11) is 0. The zero-order valence-electron chi connectivity index (χ0n) is 9.91. The van der Waals surface area contributed by atoms with Crippen molar-refractivity contribution in [3.63, 3.8) is 0 Å². The lowest BCUT2D eigenvalue weighted by atomic mass is 9.93. The Morgan fingerprint density at radius 2 is 2.06 bits per heavy atom. The lowest BCUT2D eigenvalue weighted by molar-refractivity contribution is 0.117. The van der Waals surface area contributed by atoms with E-state index >= 15 is 0 Å². The molecule has 0 aliphatic heterocycles. The number of hydrogen-bond donors (Lipinski definition) is 3. The number of allylic oxidation sites excluding steroid dienone is 1. The van der Waals surface area contributed by atoms with Crippen molar-refractivity contribution in [1.29, 1.82) is 0 Å². The van der Waals surface area contributed by atoms with E-state index in [9.17, 15) is 9.90 Å². The first kappa shape index (κ1) is 13.0. The minimum absolute atomic E-state index is 0.0918. The third-order valence-corrected chi connectivity index (χ3v) is 2.86. The molecule has 1 fully saturated rings. The molecule has 0 heterocycles. The molecule has 4 nitrogen and oxygen atoms in total. The van der Waals surface area contributed by atoms with E-state index in [0.29, 0.717) is 6.54 Å². The van der Waals surface area contributed by atoms with Crippen molar-refractivity contribution in [3.8, 4) is 0 Å². The maximum atomic E-state index is 11.4. The molecule has 1 aliphatic carbocycles. The van der Waals surface area contributed by atoms with Crippen molar-refractivity contribution in [2.45, 2.75) is 51.2 Å². The highest BCUT2D eigenvalue weighted by atomic mass is 16.3. The number of amides is 2. The largest absolute Gasteiger partial charge is 0.393 e. The quantitative estimate of drug-likeness (QED) is 0.503. The Morgan fingerprint density at radius 3 is 2.69 bits per heavy atom. The van der Waals surface area contributed by atoms with Gasteiger partial charge < -0.3 is 15.7 Å². The minimum atomic E-state index is -0.171. The number of carbonyl (C=O) groups is 1. The number of aliphatic hydroxyl groups is 1. The molecule has 16 heavy (non-hydrogen) atoms. The van der Waals surface area contributed by atoms with Gasteiger partial charge >= 0.3 is 6.03 Å². The standard InChI is InChI=1S/C12H22N2O2/c1-2-3-4-9-13-12(16)14-10-5-7-11(15)8-6-10/h2-3,10-11,15H,4-9H2,1H3,(H2,13,14,16)/b3-2+. The molecular weight excluding hydrogens is 204 g/mol. The van der Waals surface area contributed by atoms with Crippen LogP contribution in [0.3, 0.4) is 0 Å². The van der Waals surface area contributed by atoms with Crippen molar-refractivity contribution in [2.75, 3.05) is 6.54 Å². The summed E-state index contributed by atoms with van der Waals surface area (Å²) in [6.45, 7) is 2.64. The molecule has 1 aliphatic rings. The van der Waals surface area contributed by atoms with Crippen molar-refractivity contribution in [3.05, 3.63) is 12.2 Å². The molecule has 0 spiro atoms. The van der Waals surface area contributed by atoms with Crippen LogP contribution in [0.5, 0.6) is 0 Å². The third-order valence-electron chi connectivity index (χ3n) is 2.86. The molecule has 3 N–H and O–H groups in total. The normalized spacial score (nSPS) is 25.6. The van der Waals surface area contributed by atoms with Gasteiger partial charge in [0.1, 0.15) is 0 Å². The SMILES string of the molecule is C/C=C/CCNC(=O)NC1CCC(O)CC1. The van der Waals surface area contributed by atoms with E-state index in [1.807, 2.05) is 19.1 Å². The van der Waals surface area contributed by atoms with E-state index in [4.69, 9.17) is 0 Å². The van der Waals surface area contributed by atoms with Crippen LogP contribution in [-0.4, -0.2) is 29.8 Å². The summed E-state index contributed by atoms with van der Waals surface area (Å²) in [5.74, 6) is 0. The Morgan fingerprint density at radius 1 is 1.38 bits per heavy atom. The van der Waals surface area contributed by atoms with Gasteiger partial charge in [-0.2, -0.15) is 0 Å². The van der Waals surface area contributed by atoms with Gasteiger partial charge in [-0.1, -0.05) is 12.2 Å². The van der Waals surface area contributed by atoms with Crippen LogP contribution < -0.4 is 10.6 Å². The first-order chi connectivity index (χ1) is 7.72.